The van der Waals surface area contributed by atoms with Gasteiger partial charge in [0.2, 0.25) is 5.91 Å². The molecule has 130 valence electrons. The summed E-state index contributed by atoms with van der Waals surface area (Å²) in [7, 11) is 0. The molecule has 1 heterocycles. The molecule has 4 nitrogen and oxygen atoms in total. The highest BCUT2D eigenvalue weighted by molar-refractivity contribution is 5.90. The number of rotatable bonds is 4. The van der Waals surface area contributed by atoms with Crippen molar-refractivity contribution >= 4 is 11.6 Å². The standard InChI is InChI=1S/C21H25N3O/c25-20(13-24-6-5-22-14-24)23-19-3-1-18(2-4-19)21-10-15-7-16(11-21)9-17(8-15)12-21/h1-6,14-17H,7-13H2,(H,23,25). The molecular formula is C21H25N3O. The average molecular weight is 335 g/mol. The van der Waals surface area contributed by atoms with Crippen LogP contribution in [0.5, 0.6) is 0 Å². The van der Waals surface area contributed by atoms with Gasteiger partial charge >= 0.3 is 0 Å². The molecule has 6 rings (SSSR count). The highest BCUT2D eigenvalue weighted by Gasteiger charge is 2.51. The van der Waals surface area contributed by atoms with Crippen LogP contribution in [-0.4, -0.2) is 15.5 Å². The molecule has 0 aliphatic heterocycles. The van der Waals surface area contributed by atoms with Gasteiger partial charge in [0.15, 0.2) is 0 Å². The summed E-state index contributed by atoms with van der Waals surface area (Å²) in [5.74, 6) is 2.86. The van der Waals surface area contributed by atoms with Gasteiger partial charge in [-0.3, -0.25) is 4.79 Å². The Morgan fingerprint density at radius 2 is 1.72 bits per heavy atom. The number of aromatic nitrogens is 2. The number of amides is 1. The number of carbonyl (C=O) groups is 1. The van der Waals surface area contributed by atoms with Crippen molar-refractivity contribution in [3.8, 4) is 0 Å². The molecule has 0 saturated heterocycles. The second-order valence-electron chi connectivity index (χ2n) is 8.56. The lowest BCUT2D eigenvalue weighted by molar-refractivity contribution is -0.116. The Labute approximate surface area is 148 Å². The van der Waals surface area contributed by atoms with Crippen LogP contribution >= 0.6 is 0 Å². The zero-order chi connectivity index (χ0) is 16.9. The van der Waals surface area contributed by atoms with E-state index in [0.717, 1.165) is 23.4 Å². The summed E-state index contributed by atoms with van der Waals surface area (Å²) in [6.45, 7) is 0.302. The predicted molar refractivity (Wildman–Crippen MR) is 97.1 cm³/mol. The first-order chi connectivity index (χ1) is 12.2. The second kappa shape index (κ2) is 5.72. The van der Waals surface area contributed by atoms with Gasteiger partial charge in [-0.15, -0.1) is 0 Å². The quantitative estimate of drug-likeness (QED) is 0.918. The lowest BCUT2D eigenvalue weighted by atomic mass is 9.48. The molecule has 4 aliphatic carbocycles. The van der Waals surface area contributed by atoms with Gasteiger partial charge in [0, 0.05) is 18.1 Å². The van der Waals surface area contributed by atoms with Crippen molar-refractivity contribution in [1.29, 1.82) is 0 Å². The van der Waals surface area contributed by atoms with E-state index < -0.39 is 0 Å². The summed E-state index contributed by atoms with van der Waals surface area (Å²) < 4.78 is 1.78. The maximum absolute atomic E-state index is 12.1. The molecule has 25 heavy (non-hydrogen) atoms. The Bertz CT molecular complexity index is 728. The van der Waals surface area contributed by atoms with Crippen molar-refractivity contribution in [2.45, 2.75) is 50.5 Å². The van der Waals surface area contributed by atoms with E-state index in [1.807, 2.05) is 0 Å². The van der Waals surface area contributed by atoms with Crippen LogP contribution in [0.15, 0.2) is 43.0 Å². The monoisotopic (exact) mass is 335 g/mol. The maximum atomic E-state index is 12.1. The van der Waals surface area contributed by atoms with Crippen molar-refractivity contribution in [1.82, 2.24) is 9.55 Å². The van der Waals surface area contributed by atoms with Crippen molar-refractivity contribution < 1.29 is 4.79 Å². The number of benzene rings is 1. The first-order valence-corrected chi connectivity index (χ1v) is 9.55. The fourth-order valence-electron chi connectivity index (χ4n) is 6.12. The molecule has 0 spiro atoms. The first kappa shape index (κ1) is 15.2. The number of carbonyl (C=O) groups excluding carboxylic acids is 1. The van der Waals surface area contributed by atoms with Crippen LogP contribution in [0.3, 0.4) is 0 Å². The zero-order valence-corrected chi connectivity index (χ0v) is 14.5. The zero-order valence-electron chi connectivity index (χ0n) is 14.5. The average Bonchev–Trinajstić information content (AvgIpc) is 3.07. The molecule has 0 radical (unpaired) electrons. The molecule has 4 saturated carbocycles. The number of nitrogens with one attached hydrogen (secondary N) is 1. The normalized spacial score (nSPS) is 32.7. The van der Waals surface area contributed by atoms with E-state index in [2.05, 4.69) is 34.6 Å². The lowest BCUT2D eigenvalue weighted by Gasteiger charge is -2.57. The smallest absolute Gasteiger partial charge is 0.244 e. The molecule has 0 atom stereocenters. The molecular weight excluding hydrogens is 310 g/mol. The number of hydrogen-bond donors (Lipinski definition) is 1. The maximum Gasteiger partial charge on any atom is 0.244 e. The minimum Gasteiger partial charge on any atom is -0.328 e. The lowest BCUT2D eigenvalue weighted by Crippen LogP contribution is -2.48. The Morgan fingerprint density at radius 1 is 1.08 bits per heavy atom. The van der Waals surface area contributed by atoms with Crippen molar-refractivity contribution in [2.75, 3.05) is 5.32 Å². The Balaban J connectivity index is 1.30. The van der Waals surface area contributed by atoms with Gasteiger partial charge in [-0.25, -0.2) is 4.98 Å². The van der Waals surface area contributed by atoms with Crippen LogP contribution < -0.4 is 5.32 Å². The van der Waals surface area contributed by atoms with Crippen molar-refractivity contribution in [3.63, 3.8) is 0 Å². The van der Waals surface area contributed by atoms with E-state index in [0.29, 0.717) is 12.0 Å². The van der Waals surface area contributed by atoms with Gasteiger partial charge in [-0.1, -0.05) is 12.1 Å². The molecule has 1 amide bonds. The third kappa shape index (κ3) is 2.78. The largest absolute Gasteiger partial charge is 0.328 e. The van der Waals surface area contributed by atoms with Crippen molar-refractivity contribution in [3.05, 3.63) is 48.5 Å². The Hall–Kier alpha value is -2.10. The third-order valence-corrected chi connectivity index (χ3v) is 6.70. The summed E-state index contributed by atoms with van der Waals surface area (Å²) in [5.41, 5.74) is 2.81. The minimum atomic E-state index is -0.0134. The van der Waals surface area contributed by atoms with Crippen LogP contribution in [0, 0.1) is 17.8 Å². The number of nitrogens with zero attached hydrogens (tertiary/aromatic N) is 2. The third-order valence-electron chi connectivity index (χ3n) is 6.70. The molecule has 4 aliphatic rings. The molecule has 2 aromatic rings. The van der Waals surface area contributed by atoms with Crippen molar-refractivity contribution in [2.24, 2.45) is 17.8 Å². The van der Waals surface area contributed by atoms with E-state index in [9.17, 15) is 4.79 Å². The molecule has 1 N–H and O–H groups in total. The van der Waals surface area contributed by atoms with Gasteiger partial charge in [-0.05, 0) is 79.4 Å². The number of imidazole rings is 1. The Morgan fingerprint density at radius 3 is 2.28 bits per heavy atom. The van der Waals surface area contributed by atoms with E-state index in [4.69, 9.17) is 0 Å². The number of hydrogen-bond acceptors (Lipinski definition) is 2. The molecule has 4 fully saturated rings. The van der Waals surface area contributed by atoms with Crippen LogP contribution in [0.1, 0.15) is 44.1 Å². The molecule has 4 bridgehead atoms. The van der Waals surface area contributed by atoms with E-state index in [-0.39, 0.29) is 5.91 Å². The molecule has 1 aromatic carbocycles. The first-order valence-electron chi connectivity index (χ1n) is 9.55. The van der Waals surface area contributed by atoms with Crippen LogP contribution in [0.4, 0.5) is 5.69 Å². The topological polar surface area (TPSA) is 46.9 Å². The fraction of sp³-hybridized carbons (Fsp3) is 0.524. The van der Waals surface area contributed by atoms with Gasteiger partial charge in [0.05, 0.1) is 6.33 Å². The van der Waals surface area contributed by atoms with Crippen LogP contribution in [0.25, 0.3) is 0 Å². The van der Waals surface area contributed by atoms with Crippen LogP contribution in [-0.2, 0) is 16.8 Å². The summed E-state index contributed by atoms with van der Waals surface area (Å²) >= 11 is 0. The molecule has 4 heteroatoms. The fourth-order valence-corrected chi connectivity index (χ4v) is 6.12. The van der Waals surface area contributed by atoms with E-state index >= 15 is 0 Å². The minimum absolute atomic E-state index is 0.0134. The predicted octanol–water partition coefficient (Wildman–Crippen LogP) is 3.99. The summed E-state index contributed by atoms with van der Waals surface area (Å²) in [5, 5.41) is 2.99. The summed E-state index contributed by atoms with van der Waals surface area (Å²) in [6.07, 6.45) is 13.7. The summed E-state index contributed by atoms with van der Waals surface area (Å²) in [4.78, 5) is 16.1. The van der Waals surface area contributed by atoms with Crippen LogP contribution in [0.2, 0.25) is 0 Å². The van der Waals surface area contributed by atoms with E-state index in [1.54, 1.807) is 23.3 Å². The van der Waals surface area contributed by atoms with Gasteiger partial charge in [-0.2, -0.15) is 0 Å². The highest BCUT2D eigenvalue weighted by atomic mass is 16.1. The van der Waals surface area contributed by atoms with Gasteiger partial charge in [0.25, 0.3) is 0 Å². The summed E-state index contributed by atoms with van der Waals surface area (Å²) in [6, 6.07) is 8.69. The highest BCUT2D eigenvalue weighted by Crippen LogP contribution is 2.60. The number of anilines is 1. The SMILES string of the molecule is O=C(Cn1ccnc1)Nc1ccc(C23CC4CC(CC(C4)C2)C3)cc1. The van der Waals surface area contributed by atoms with Gasteiger partial charge in [0.1, 0.15) is 6.54 Å². The van der Waals surface area contributed by atoms with E-state index in [1.165, 1.54) is 44.1 Å². The Kier molecular flexibility index (Phi) is 3.47. The molecule has 0 unspecified atom stereocenters. The second-order valence-corrected chi connectivity index (χ2v) is 8.56. The van der Waals surface area contributed by atoms with Gasteiger partial charge < -0.3 is 9.88 Å². The molecule has 1 aromatic heterocycles.